The molecule has 6 nitrogen and oxygen atoms in total. The van der Waals surface area contributed by atoms with E-state index in [1.807, 2.05) is 36.2 Å². The van der Waals surface area contributed by atoms with Crippen LogP contribution >= 0.6 is 11.6 Å². The van der Waals surface area contributed by atoms with E-state index in [-0.39, 0.29) is 12.6 Å². The Labute approximate surface area is 164 Å². The summed E-state index contributed by atoms with van der Waals surface area (Å²) >= 11 is 5.90. The van der Waals surface area contributed by atoms with Gasteiger partial charge in [-0.05, 0) is 30.9 Å². The first-order valence-electron chi connectivity index (χ1n) is 8.90. The monoisotopic (exact) mass is 386 g/mol. The third-order valence-electron chi connectivity index (χ3n) is 4.87. The second-order valence-electron chi connectivity index (χ2n) is 6.75. The van der Waals surface area contributed by atoms with E-state index in [0.29, 0.717) is 17.5 Å². The van der Waals surface area contributed by atoms with Gasteiger partial charge in [0.05, 0.1) is 17.4 Å². The third kappa shape index (κ3) is 4.57. The highest BCUT2D eigenvalue weighted by atomic mass is 35.5. The molecule has 1 aromatic carbocycles. The Hall–Kier alpha value is -2.60. The van der Waals surface area contributed by atoms with Gasteiger partial charge in [-0.25, -0.2) is 9.97 Å². The molecule has 0 aliphatic carbocycles. The fraction of sp³-hybridized carbons (Fsp3) is 0.350. The van der Waals surface area contributed by atoms with Gasteiger partial charge in [-0.2, -0.15) is 0 Å². The van der Waals surface area contributed by atoms with Crippen molar-refractivity contribution in [2.45, 2.75) is 25.3 Å². The molecule has 0 spiro atoms. The number of rotatable bonds is 4. The topological polar surface area (TPSA) is 69.6 Å². The molecular formula is C20H23ClN4O2. The molecule has 1 aromatic heterocycles. The molecule has 3 rings (SSSR count). The number of anilines is 2. The van der Waals surface area contributed by atoms with Crippen LogP contribution in [0, 0.1) is 0 Å². The highest BCUT2D eigenvalue weighted by Gasteiger charge is 2.24. The summed E-state index contributed by atoms with van der Waals surface area (Å²) < 4.78 is 0. The maximum atomic E-state index is 11.3. The lowest BCUT2D eigenvalue weighted by molar-refractivity contribution is -0.135. The number of aliphatic carboxylic acids is 1. The quantitative estimate of drug-likeness (QED) is 0.863. The van der Waals surface area contributed by atoms with Gasteiger partial charge < -0.3 is 14.9 Å². The fourth-order valence-electron chi connectivity index (χ4n) is 3.49. The summed E-state index contributed by atoms with van der Waals surface area (Å²) in [5.74, 6) is -0.218. The molecule has 2 aromatic rings. The van der Waals surface area contributed by atoms with Crippen molar-refractivity contribution in [1.82, 2.24) is 9.97 Å². The smallest absolute Gasteiger partial charge is 0.323 e. The first kappa shape index (κ1) is 19.2. The van der Waals surface area contributed by atoms with Gasteiger partial charge in [-0.15, -0.1) is 0 Å². The molecule has 7 heteroatoms. The zero-order valence-corrected chi connectivity index (χ0v) is 16.1. The Kier molecular flexibility index (Phi) is 5.96. The van der Waals surface area contributed by atoms with Crippen LogP contribution in [0.25, 0.3) is 5.57 Å². The van der Waals surface area contributed by atoms with Gasteiger partial charge >= 0.3 is 5.97 Å². The van der Waals surface area contributed by atoms with Gasteiger partial charge in [0, 0.05) is 30.9 Å². The number of hydrogen-bond acceptors (Lipinski definition) is 5. The van der Waals surface area contributed by atoms with Gasteiger partial charge in [0.25, 0.3) is 0 Å². The van der Waals surface area contributed by atoms with Crippen molar-refractivity contribution in [1.29, 1.82) is 0 Å². The SMILES string of the molecule is C=C1C[C@@H](N(C)c2ncc(Cl)cn2)CCCN(CC(=O)O)c2ccccc21. The molecule has 0 bridgehead atoms. The van der Waals surface area contributed by atoms with Crippen molar-refractivity contribution in [2.24, 2.45) is 0 Å². The van der Waals surface area contributed by atoms with Crippen molar-refractivity contribution < 1.29 is 9.90 Å². The van der Waals surface area contributed by atoms with Gasteiger partial charge in [0.15, 0.2) is 0 Å². The van der Waals surface area contributed by atoms with E-state index in [1.165, 1.54) is 0 Å². The Morgan fingerprint density at radius 2 is 2.07 bits per heavy atom. The molecule has 0 saturated carbocycles. The first-order valence-corrected chi connectivity index (χ1v) is 9.28. The predicted octanol–water partition coefficient (Wildman–Crippen LogP) is 3.72. The number of carboxylic acids is 1. The summed E-state index contributed by atoms with van der Waals surface area (Å²) in [4.78, 5) is 23.9. The van der Waals surface area contributed by atoms with E-state index in [9.17, 15) is 9.90 Å². The minimum atomic E-state index is -0.835. The zero-order valence-electron chi connectivity index (χ0n) is 15.3. The van der Waals surface area contributed by atoms with Crippen molar-refractivity contribution in [2.75, 3.05) is 29.9 Å². The average molecular weight is 387 g/mol. The number of nitrogens with zero attached hydrogens (tertiary/aromatic N) is 4. The molecule has 0 unspecified atom stereocenters. The Morgan fingerprint density at radius 1 is 1.37 bits per heavy atom. The number of fused-ring (bicyclic) bond motifs is 1. The lowest BCUT2D eigenvalue weighted by Gasteiger charge is -2.28. The molecule has 0 amide bonds. The Bertz CT molecular complexity index is 825. The zero-order chi connectivity index (χ0) is 19.4. The van der Waals surface area contributed by atoms with E-state index < -0.39 is 5.97 Å². The highest BCUT2D eigenvalue weighted by Crippen LogP contribution is 2.33. The van der Waals surface area contributed by atoms with E-state index in [2.05, 4.69) is 21.4 Å². The fourth-order valence-corrected chi connectivity index (χ4v) is 3.59. The van der Waals surface area contributed by atoms with Crippen LogP contribution in [0.2, 0.25) is 5.02 Å². The number of halogens is 1. The highest BCUT2D eigenvalue weighted by molar-refractivity contribution is 6.30. The summed E-state index contributed by atoms with van der Waals surface area (Å²) in [5, 5.41) is 9.81. The molecule has 1 aliphatic rings. The van der Waals surface area contributed by atoms with Crippen molar-refractivity contribution in [3.63, 3.8) is 0 Å². The summed E-state index contributed by atoms with van der Waals surface area (Å²) in [6.07, 6.45) is 5.67. The van der Waals surface area contributed by atoms with Gasteiger partial charge in [-0.3, -0.25) is 4.79 Å². The number of hydrogen-bond donors (Lipinski definition) is 1. The Balaban J connectivity index is 1.88. The normalized spacial score (nSPS) is 17.5. The lowest BCUT2D eigenvalue weighted by atomic mass is 9.96. The minimum Gasteiger partial charge on any atom is -0.480 e. The van der Waals surface area contributed by atoms with Crippen LogP contribution in [0.4, 0.5) is 11.6 Å². The minimum absolute atomic E-state index is 0.0227. The first-order chi connectivity index (χ1) is 13.0. The number of carbonyl (C=O) groups is 1. The molecule has 27 heavy (non-hydrogen) atoms. The molecule has 1 N–H and O–H groups in total. The van der Waals surface area contributed by atoms with Crippen LogP contribution < -0.4 is 9.80 Å². The number of aromatic nitrogens is 2. The van der Waals surface area contributed by atoms with Crippen LogP contribution in [-0.4, -0.2) is 47.2 Å². The summed E-state index contributed by atoms with van der Waals surface area (Å²) in [5.41, 5.74) is 2.90. The number of benzene rings is 1. The van der Waals surface area contributed by atoms with Gasteiger partial charge in [-0.1, -0.05) is 36.4 Å². The van der Waals surface area contributed by atoms with Crippen LogP contribution in [0.3, 0.4) is 0 Å². The van der Waals surface area contributed by atoms with Crippen LogP contribution in [0.1, 0.15) is 24.8 Å². The predicted molar refractivity (Wildman–Crippen MR) is 108 cm³/mol. The maximum absolute atomic E-state index is 11.3. The molecule has 0 saturated heterocycles. The average Bonchev–Trinajstić information content (AvgIpc) is 2.71. The van der Waals surface area contributed by atoms with E-state index in [0.717, 1.165) is 36.1 Å². The molecular weight excluding hydrogens is 364 g/mol. The van der Waals surface area contributed by atoms with Crippen molar-refractivity contribution in [3.05, 3.63) is 53.8 Å². The van der Waals surface area contributed by atoms with E-state index >= 15 is 0 Å². The summed E-state index contributed by atoms with van der Waals surface area (Å²) in [6, 6.07) is 8.03. The second-order valence-corrected chi connectivity index (χ2v) is 7.18. The summed E-state index contributed by atoms with van der Waals surface area (Å²) in [7, 11) is 1.97. The van der Waals surface area contributed by atoms with Crippen molar-refractivity contribution >= 4 is 34.8 Å². The van der Waals surface area contributed by atoms with E-state index in [1.54, 1.807) is 12.4 Å². The molecule has 2 heterocycles. The Morgan fingerprint density at radius 3 is 2.78 bits per heavy atom. The molecule has 0 radical (unpaired) electrons. The van der Waals surface area contributed by atoms with Crippen LogP contribution in [0.5, 0.6) is 0 Å². The lowest BCUT2D eigenvalue weighted by Crippen LogP contribution is -2.34. The van der Waals surface area contributed by atoms with Crippen LogP contribution in [-0.2, 0) is 4.79 Å². The van der Waals surface area contributed by atoms with Gasteiger partial charge in [0.2, 0.25) is 5.95 Å². The number of para-hydroxylation sites is 1. The van der Waals surface area contributed by atoms with Crippen molar-refractivity contribution in [3.8, 4) is 0 Å². The standard InChI is InChI=1S/C20H23ClN4O2/c1-14-10-16(24(2)20-22-11-15(21)12-23-20)6-5-9-25(13-19(26)27)18-8-4-3-7-17(14)18/h3-4,7-8,11-12,16H,1,5-6,9-10,13H2,2H3,(H,26,27)/t16-/m0/s1. The molecule has 1 aliphatic heterocycles. The van der Waals surface area contributed by atoms with E-state index in [4.69, 9.17) is 11.6 Å². The molecule has 0 fully saturated rings. The summed E-state index contributed by atoms with van der Waals surface area (Å²) in [6.45, 7) is 4.94. The second kappa shape index (κ2) is 8.39. The van der Waals surface area contributed by atoms with Crippen LogP contribution in [0.15, 0.2) is 43.2 Å². The maximum Gasteiger partial charge on any atom is 0.323 e. The molecule has 1 atom stereocenters. The molecule has 142 valence electrons. The third-order valence-corrected chi connectivity index (χ3v) is 5.06. The largest absolute Gasteiger partial charge is 0.480 e. The number of carboxylic acid groups (broad SMARTS) is 1. The van der Waals surface area contributed by atoms with Gasteiger partial charge in [0.1, 0.15) is 6.54 Å².